The molecule has 0 aromatic rings. The number of ketones is 1. The Bertz CT molecular complexity index is 247. The first kappa shape index (κ1) is 13.5. The van der Waals surface area contributed by atoms with Crippen LogP contribution in [0.15, 0.2) is 0 Å². The van der Waals surface area contributed by atoms with Crippen molar-refractivity contribution in [3.05, 3.63) is 0 Å². The summed E-state index contributed by atoms with van der Waals surface area (Å²) in [6, 6.07) is 0. The Hall–Kier alpha value is -0.510. The van der Waals surface area contributed by atoms with Gasteiger partial charge < -0.3 is 5.32 Å². The van der Waals surface area contributed by atoms with E-state index in [1.807, 2.05) is 27.7 Å². The molecule has 0 aromatic carbocycles. The number of amides is 1. The SMILES string of the molecule is CC(=O)C(C)(C)CC(C)(C)NC(=O)S. The third-order valence-electron chi connectivity index (χ3n) is 2.28. The van der Waals surface area contributed by atoms with Crippen molar-refractivity contribution in [2.24, 2.45) is 5.41 Å². The zero-order valence-electron chi connectivity index (χ0n) is 9.47. The molecule has 3 nitrogen and oxygen atoms in total. The van der Waals surface area contributed by atoms with Gasteiger partial charge >= 0.3 is 0 Å². The van der Waals surface area contributed by atoms with Crippen LogP contribution in [-0.4, -0.2) is 16.6 Å². The maximum atomic E-state index is 11.3. The Morgan fingerprint density at radius 1 is 1.21 bits per heavy atom. The van der Waals surface area contributed by atoms with Crippen LogP contribution in [0.2, 0.25) is 0 Å². The second-order valence-corrected chi connectivity index (χ2v) is 5.34. The topological polar surface area (TPSA) is 46.2 Å². The minimum absolute atomic E-state index is 0.124. The average molecular weight is 217 g/mol. The van der Waals surface area contributed by atoms with Crippen molar-refractivity contribution in [2.45, 2.75) is 46.6 Å². The number of hydrogen-bond acceptors (Lipinski definition) is 2. The van der Waals surface area contributed by atoms with Crippen molar-refractivity contribution in [1.29, 1.82) is 0 Å². The van der Waals surface area contributed by atoms with E-state index in [-0.39, 0.29) is 11.0 Å². The van der Waals surface area contributed by atoms with Crippen molar-refractivity contribution in [3.63, 3.8) is 0 Å². The second kappa shape index (κ2) is 4.34. The van der Waals surface area contributed by atoms with Gasteiger partial charge in [0.05, 0.1) is 0 Å². The number of hydrogen-bond donors (Lipinski definition) is 2. The van der Waals surface area contributed by atoms with E-state index in [0.717, 1.165) is 0 Å². The van der Waals surface area contributed by atoms with Crippen molar-refractivity contribution in [2.75, 3.05) is 0 Å². The van der Waals surface area contributed by atoms with Gasteiger partial charge in [-0.1, -0.05) is 26.5 Å². The van der Waals surface area contributed by atoms with Gasteiger partial charge in [-0.25, -0.2) is 0 Å². The highest BCUT2D eigenvalue weighted by Gasteiger charge is 2.32. The van der Waals surface area contributed by atoms with Gasteiger partial charge in [-0.3, -0.25) is 9.59 Å². The molecule has 0 saturated carbocycles. The number of thiol groups is 1. The van der Waals surface area contributed by atoms with Gasteiger partial charge in [0.25, 0.3) is 5.24 Å². The molecule has 0 aromatic heterocycles. The van der Waals surface area contributed by atoms with Crippen LogP contribution in [0.3, 0.4) is 0 Å². The van der Waals surface area contributed by atoms with Crippen molar-refractivity contribution in [1.82, 2.24) is 5.32 Å². The summed E-state index contributed by atoms with van der Waals surface area (Å²) in [4.78, 5) is 22.1. The van der Waals surface area contributed by atoms with E-state index in [2.05, 4.69) is 17.9 Å². The van der Waals surface area contributed by atoms with Crippen LogP contribution in [0.4, 0.5) is 4.79 Å². The second-order valence-electron chi connectivity index (χ2n) is 4.93. The Morgan fingerprint density at radius 3 is 1.93 bits per heavy atom. The number of nitrogens with one attached hydrogen (secondary N) is 1. The molecule has 0 heterocycles. The molecule has 1 N–H and O–H groups in total. The van der Waals surface area contributed by atoms with Gasteiger partial charge in [0.2, 0.25) is 0 Å². The van der Waals surface area contributed by atoms with Crippen LogP contribution in [0.1, 0.15) is 41.0 Å². The molecular weight excluding hydrogens is 198 g/mol. The fourth-order valence-corrected chi connectivity index (χ4v) is 1.87. The van der Waals surface area contributed by atoms with E-state index in [1.54, 1.807) is 6.92 Å². The Kier molecular flexibility index (Phi) is 4.18. The number of Topliss-reactive ketones (excluding diaryl/α,β-unsaturated/α-hetero) is 1. The highest BCUT2D eigenvalue weighted by Crippen LogP contribution is 2.28. The van der Waals surface area contributed by atoms with Crippen molar-refractivity contribution >= 4 is 23.7 Å². The van der Waals surface area contributed by atoms with Gasteiger partial charge in [-0.05, 0) is 27.2 Å². The van der Waals surface area contributed by atoms with E-state index in [4.69, 9.17) is 0 Å². The van der Waals surface area contributed by atoms with Gasteiger partial charge in [-0.15, -0.1) is 0 Å². The van der Waals surface area contributed by atoms with Crippen molar-refractivity contribution in [3.8, 4) is 0 Å². The zero-order chi connectivity index (χ0) is 11.6. The molecular formula is C10H19NO2S. The van der Waals surface area contributed by atoms with Crippen LogP contribution in [0, 0.1) is 5.41 Å². The first-order valence-electron chi connectivity index (χ1n) is 4.59. The fraction of sp³-hybridized carbons (Fsp3) is 0.800. The maximum Gasteiger partial charge on any atom is 0.276 e. The third kappa shape index (κ3) is 4.65. The summed E-state index contributed by atoms with van der Waals surface area (Å²) < 4.78 is 0. The lowest BCUT2D eigenvalue weighted by Crippen LogP contribution is -2.45. The molecule has 0 aliphatic rings. The molecule has 0 fully saturated rings. The van der Waals surface area contributed by atoms with Gasteiger partial charge in [0.1, 0.15) is 5.78 Å². The molecule has 0 spiro atoms. The Balaban J connectivity index is 4.49. The molecule has 0 saturated heterocycles. The molecule has 14 heavy (non-hydrogen) atoms. The largest absolute Gasteiger partial charge is 0.342 e. The number of carbonyl (C=O) groups is 2. The number of rotatable bonds is 4. The van der Waals surface area contributed by atoms with E-state index >= 15 is 0 Å². The van der Waals surface area contributed by atoms with E-state index in [9.17, 15) is 9.59 Å². The molecule has 0 rings (SSSR count). The predicted molar refractivity (Wildman–Crippen MR) is 60.7 cm³/mol. The smallest absolute Gasteiger partial charge is 0.276 e. The van der Waals surface area contributed by atoms with E-state index < -0.39 is 11.0 Å². The highest BCUT2D eigenvalue weighted by molar-refractivity contribution is 7.96. The van der Waals surface area contributed by atoms with Crippen LogP contribution in [-0.2, 0) is 4.79 Å². The zero-order valence-corrected chi connectivity index (χ0v) is 10.4. The quantitative estimate of drug-likeness (QED) is 0.710. The summed E-state index contributed by atoms with van der Waals surface area (Å²) in [7, 11) is 0. The third-order valence-corrected chi connectivity index (χ3v) is 2.39. The normalized spacial score (nSPS) is 12.4. The lowest BCUT2D eigenvalue weighted by Gasteiger charge is -2.33. The molecule has 0 bridgehead atoms. The van der Waals surface area contributed by atoms with Crippen LogP contribution in [0.25, 0.3) is 0 Å². The Labute approximate surface area is 91.1 Å². The summed E-state index contributed by atoms with van der Waals surface area (Å²) in [5, 5.41) is 2.34. The molecule has 0 aliphatic carbocycles. The molecule has 82 valence electrons. The van der Waals surface area contributed by atoms with Crippen LogP contribution < -0.4 is 5.32 Å². The first-order valence-corrected chi connectivity index (χ1v) is 5.04. The van der Waals surface area contributed by atoms with Crippen molar-refractivity contribution < 1.29 is 9.59 Å². The minimum Gasteiger partial charge on any atom is -0.342 e. The monoisotopic (exact) mass is 217 g/mol. The van der Waals surface area contributed by atoms with E-state index in [1.165, 1.54) is 0 Å². The lowest BCUT2D eigenvalue weighted by molar-refractivity contribution is -0.125. The summed E-state index contributed by atoms with van der Waals surface area (Å²) in [6.07, 6.45) is 0.599. The lowest BCUT2D eigenvalue weighted by atomic mass is 9.77. The predicted octanol–water partition coefficient (Wildman–Crippen LogP) is 2.41. The van der Waals surface area contributed by atoms with Gasteiger partial charge in [-0.2, -0.15) is 0 Å². The molecule has 0 aliphatic heterocycles. The average Bonchev–Trinajstić information content (AvgIpc) is 1.79. The Morgan fingerprint density at radius 2 is 1.64 bits per heavy atom. The molecule has 0 unspecified atom stereocenters. The molecule has 0 atom stereocenters. The molecule has 4 heteroatoms. The number of carbonyl (C=O) groups excluding carboxylic acids is 2. The van der Waals surface area contributed by atoms with E-state index in [0.29, 0.717) is 6.42 Å². The fourth-order valence-electron chi connectivity index (χ4n) is 1.56. The first-order chi connectivity index (χ1) is 6.07. The van der Waals surface area contributed by atoms with Crippen LogP contribution in [0.5, 0.6) is 0 Å². The van der Waals surface area contributed by atoms with Gasteiger partial charge in [0.15, 0.2) is 0 Å². The summed E-state index contributed by atoms with van der Waals surface area (Å²) in [6.45, 7) is 9.08. The van der Waals surface area contributed by atoms with Gasteiger partial charge in [0, 0.05) is 11.0 Å². The highest BCUT2D eigenvalue weighted by atomic mass is 32.1. The maximum absolute atomic E-state index is 11.3. The molecule has 0 radical (unpaired) electrons. The molecule has 1 amide bonds. The van der Waals surface area contributed by atoms with Crippen LogP contribution >= 0.6 is 12.6 Å². The summed E-state index contributed by atoms with van der Waals surface area (Å²) in [5.41, 5.74) is -0.826. The standard InChI is InChI=1S/C10H19NO2S/c1-7(12)9(2,3)6-10(4,5)11-8(13)14/h6H2,1-5H3,(H2,11,13,14). The summed E-state index contributed by atoms with van der Waals surface area (Å²) >= 11 is 3.66. The summed E-state index contributed by atoms with van der Waals surface area (Å²) in [5.74, 6) is 0.124. The minimum atomic E-state index is -0.417.